The van der Waals surface area contributed by atoms with Gasteiger partial charge in [0.25, 0.3) is 5.91 Å². The van der Waals surface area contributed by atoms with Crippen LogP contribution in [0.4, 0.5) is 0 Å². The lowest BCUT2D eigenvalue weighted by atomic mass is 9.99. The van der Waals surface area contributed by atoms with Crippen molar-refractivity contribution in [2.45, 2.75) is 57.5 Å². The first-order chi connectivity index (χ1) is 9.48. The van der Waals surface area contributed by atoms with Gasteiger partial charge in [-0.2, -0.15) is 5.10 Å². The van der Waals surface area contributed by atoms with E-state index in [1.807, 2.05) is 0 Å². The van der Waals surface area contributed by atoms with E-state index in [4.69, 9.17) is 0 Å². The predicted octanol–water partition coefficient (Wildman–Crippen LogP) is 1.98. The van der Waals surface area contributed by atoms with Crippen LogP contribution >= 0.6 is 0 Å². The minimum Gasteiger partial charge on any atom is -0.480 e. The Balaban J connectivity index is 2.17. The van der Waals surface area contributed by atoms with Crippen molar-refractivity contribution < 1.29 is 14.7 Å². The third kappa shape index (κ3) is 2.69. The maximum absolute atomic E-state index is 12.3. The van der Waals surface area contributed by atoms with Crippen molar-refractivity contribution in [1.29, 1.82) is 0 Å². The highest BCUT2D eigenvalue weighted by molar-refractivity contribution is 5.96. The molecule has 0 spiro atoms. The minimum atomic E-state index is -1.25. The monoisotopic (exact) mass is 279 g/mol. The van der Waals surface area contributed by atoms with E-state index in [0.29, 0.717) is 12.1 Å². The highest BCUT2D eigenvalue weighted by Gasteiger charge is 2.34. The van der Waals surface area contributed by atoms with Crippen molar-refractivity contribution in [3.8, 4) is 0 Å². The van der Waals surface area contributed by atoms with Gasteiger partial charge in [-0.05, 0) is 32.3 Å². The van der Waals surface area contributed by atoms with Gasteiger partial charge in [-0.1, -0.05) is 19.8 Å². The fourth-order valence-corrected chi connectivity index (χ4v) is 2.54. The number of hydrogen-bond acceptors (Lipinski definition) is 3. The molecule has 1 aliphatic rings. The molecular weight excluding hydrogens is 258 g/mol. The van der Waals surface area contributed by atoms with Crippen LogP contribution in [0.1, 0.15) is 62.5 Å². The molecule has 1 saturated carbocycles. The summed E-state index contributed by atoms with van der Waals surface area (Å²) in [5, 5.41) is 16.1. The van der Waals surface area contributed by atoms with Crippen LogP contribution in [0, 0.1) is 0 Å². The SMILES string of the molecule is CCC(C)(NC(=O)c1ccnn1C1CCCC1)C(=O)O. The number of aliphatic carboxylic acids is 1. The lowest BCUT2D eigenvalue weighted by Crippen LogP contribution is -2.52. The van der Waals surface area contributed by atoms with E-state index >= 15 is 0 Å². The molecule has 0 bridgehead atoms. The van der Waals surface area contributed by atoms with Crippen LogP contribution in [-0.2, 0) is 4.79 Å². The van der Waals surface area contributed by atoms with Crippen molar-refractivity contribution in [2.24, 2.45) is 0 Å². The highest BCUT2D eigenvalue weighted by Crippen LogP contribution is 2.29. The fraction of sp³-hybridized carbons (Fsp3) is 0.643. The Labute approximate surface area is 118 Å². The summed E-state index contributed by atoms with van der Waals surface area (Å²) in [6.45, 7) is 3.26. The average Bonchev–Trinajstić information content (AvgIpc) is 3.08. The second-order valence-electron chi connectivity index (χ2n) is 5.54. The first-order valence-corrected chi connectivity index (χ1v) is 7.07. The van der Waals surface area contributed by atoms with Gasteiger partial charge in [0.05, 0.1) is 6.04 Å². The number of amides is 1. The summed E-state index contributed by atoms with van der Waals surface area (Å²) in [5.41, 5.74) is -0.806. The predicted molar refractivity (Wildman–Crippen MR) is 73.5 cm³/mol. The summed E-state index contributed by atoms with van der Waals surface area (Å²) in [4.78, 5) is 23.6. The van der Waals surface area contributed by atoms with E-state index < -0.39 is 11.5 Å². The number of carboxylic acids is 1. The molecule has 1 aromatic heterocycles. The smallest absolute Gasteiger partial charge is 0.329 e. The third-order valence-electron chi connectivity index (χ3n) is 4.14. The maximum atomic E-state index is 12.3. The van der Waals surface area contributed by atoms with Gasteiger partial charge >= 0.3 is 5.97 Å². The largest absolute Gasteiger partial charge is 0.480 e. The Morgan fingerprint density at radius 3 is 2.70 bits per heavy atom. The average molecular weight is 279 g/mol. The van der Waals surface area contributed by atoms with Gasteiger partial charge < -0.3 is 10.4 Å². The van der Waals surface area contributed by atoms with E-state index in [0.717, 1.165) is 25.7 Å². The van der Waals surface area contributed by atoms with Crippen LogP contribution in [0.3, 0.4) is 0 Å². The molecule has 6 heteroatoms. The van der Waals surface area contributed by atoms with E-state index in [2.05, 4.69) is 10.4 Å². The Kier molecular flexibility index (Phi) is 4.11. The third-order valence-corrected chi connectivity index (χ3v) is 4.14. The quantitative estimate of drug-likeness (QED) is 0.863. The zero-order valence-electron chi connectivity index (χ0n) is 11.9. The van der Waals surface area contributed by atoms with Crippen molar-refractivity contribution >= 4 is 11.9 Å². The molecule has 0 aromatic carbocycles. The molecule has 1 unspecified atom stereocenters. The maximum Gasteiger partial charge on any atom is 0.329 e. The van der Waals surface area contributed by atoms with Crippen molar-refractivity contribution in [2.75, 3.05) is 0 Å². The fourth-order valence-electron chi connectivity index (χ4n) is 2.54. The zero-order chi connectivity index (χ0) is 14.8. The second-order valence-corrected chi connectivity index (χ2v) is 5.54. The molecule has 2 N–H and O–H groups in total. The molecule has 1 aliphatic carbocycles. The van der Waals surface area contributed by atoms with E-state index in [9.17, 15) is 14.7 Å². The number of carbonyl (C=O) groups is 2. The molecule has 20 heavy (non-hydrogen) atoms. The summed E-state index contributed by atoms with van der Waals surface area (Å²) >= 11 is 0. The number of carbonyl (C=O) groups excluding carboxylic acids is 1. The van der Waals surface area contributed by atoms with E-state index in [-0.39, 0.29) is 11.9 Å². The second kappa shape index (κ2) is 5.64. The highest BCUT2D eigenvalue weighted by atomic mass is 16.4. The first-order valence-electron chi connectivity index (χ1n) is 7.07. The van der Waals surface area contributed by atoms with Gasteiger partial charge in [0.2, 0.25) is 0 Å². The van der Waals surface area contributed by atoms with Crippen LogP contribution in [0.15, 0.2) is 12.3 Å². The van der Waals surface area contributed by atoms with Crippen LogP contribution < -0.4 is 5.32 Å². The number of nitrogens with one attached hydrogen (secondary N) is 1. The summed E-state index contributed by atoms with van der Waals surface area (Å²) in [5.74, 6) is -1.40. The number of rotatable bonds is 5. The molecule has 1 heterocycles. The Morgan fingerprint density at radius 1 is 1.50 bits per heavy atom. The molecule has 0 aliphatic heterocycles. The topological polar surface area (TPSA) is 84.2 Å². The summed E-state index contributed by atoms with van der Waals surface area (Å²) in [7, 11) is 0. The first kappa shape index (κ1) is 14.6. The van der Waals surface area contributed by atoms with Crippen LogP contribution in [0.5, 0.6) is 0 Å². The van der Waals surface area contributed by atoms with E-state index in [1.165, 1.54) is 6.92 Å². The Morgan fingerprint density at radius 2 is 2.15 bits per heavy atom. The zero-order valence-corrected chi connectivity index (χ0v) is 11.9. The lowest BCUT2D eigenvalue weighted by Gasteiger charge is -2.25. The molecule has 2 rings (SSSR count). The Bertz CT molecular complexity index is 506. The van der Waals surface area contributed by atoms with Gasteiger partial charge in [-0.25, -0.2) is 4.79 Å². The number of nitrogens with zero attached hydrogens (tertiary/aromatic N) is 2. The molecule has 0 saturated heterocycles. The number of carboxylic acid groups (broad SMARTS) is 1. The summed E-state index contributed by atoms with van der Waals surface area (Å²) in [6.07, 6.45) is 6.25. The van der Waals surface area contributed by atoms with Gasteiger partial charge in [0.15, 0.2) is 0 Å². The summed E-state index contributed by atoms with van der Waals surface area (Å²) < 4.78 is 1.74. The number of aromatic nitrogens is 2. The van der Waals surface area contributed by atoms with Crippen LogP contribution in [0.2, 0.25) is 0 Å². The van der Waals surface area contributed by atoms with Crippen LogP contribution in [0.25, 0.3) is 0 Å². The molecular formula is C14H21N3O3. The molecule has 1 atom stereocenters. The lowest BCUT2D eigenvalue weighted by molar-refractivity contribution is -0.143. The molecule has 1 fully saturated rings. The van der Waals surface area contributed by atoms with Crippen molar-refractivity contribution in [1.82, 2.24) is 15.1 Å². The standard InChI is InChI=1S/C14H21N3O3/c1-3-14(2,13(19)20)16-12(18)11-8-9-15-17(11)10-6-4-5-7-10/h8-10H,3-7H2,1-2H3,(H,16,18)(H,19,20). The van der Waals surface area contributed by atoms with Gasteiger partial charge in [-0.3, -0.25) is 9.48 Å². The van der Waals surface area contributed by atoms with Gasteiger partial charge in [0.1, 0.15) is 11.2 Å². The van der Waals surface area contributed by atoms with Gasteiger partial charge in [0, 0.05) is 6.20 Å². The van der Waals surface area contributed by atoms with Gasteiger partial charge in [-0.15, -0.1) is 0 Å². The van der Waals surface area contributed by atoms with E-state index in [1.54, 1.807) is 23.9 Å². The molecule has 1 amide bonds. The normalized spacial score (nSPS) is 18.7. The molecule has 0 radical (unpaired) electrons. The summed E-state index contributed by atoms with van der Waals surface area (Å²) in [6, 6.07) is 1.90. The minimum absolute atomic E-state index is 0.253. The molecule has 6 nitrogen and oxygen atoms in total. The molecule has 110 valence electrons. The number of hydrogen-bond donors (Lipinski definition) is 2. The van der Waals surface area contributed by atoms with Crippen LogP contribution in [-0.4, -0.2) is 32.3 Å². The molecule has 1 aromatic rings. The van der Waals surface area contributed by atoms with Crippen molar-refractivity contribution in [3.63, 3.8) is 0 Å². The Hall–Kier alpha value is -1.85. The van der Waals surface area contributed by atoms with Crippen molar-refractivity contribution in [3.05, 3.63) is 18.0 Å².